The van der Waals surface area contributed by atoms with Crippen LogP contribution in [0.3, 0.4) is 0 Å². The summed E-state index contributed by atoms with van der Waals surface area (Å²) in [5.74, 6) is 0.0921. The first kappa shape index (κ1) is 15.7. The van der Waals surface area contributed by atoms with Crippen molar-refractivity contribution in [1.29, 1.82) is 0 Å². The number of sulfonamides is 1. The molecule has 0 spiro atoms. The number of carbonyl (C=O) groups excluding carboxylic acids is 1. The first-order chi connectivity index (χ1) is 8.90. The van der Waals surface area contributed by atoms with Crippen LogP contribution in [-0.2, 0) is 21.2 Å². The molecule has 19 heavy (non-hydrogen) atoms. The van der Waals surface area contributed by atoms with Crippen LogP contribution in [0, 0.1) is 0 Å². The molecule has 1 aromatic carbocycles. The zero-order chi connectivity index (χ0) is 14.5. The number of nitrogens with one attached hydrogen (secondary N) is 1. The summed E-state index contributed by atoms with van der Waals surface area (Å²) in [6.07, 6.45) is 1.05. The van der Waals surface area contributed by atoms with Gasteiger partial charge in [-0.3, -0.25) is 4.79 Å². The van der Waals surface area contributed by atoms with Crippen LogP contribution >= 0.6 is 0 Å². The molecule has 0 aliphatic heterocycles. The average molecular weight is 284 g/mol. The predicted octanol–water partition coefficient (Wildman–Crippen LogP) is 1.01. The van der Waals surface area contributed by atoms with Crippen molar-refractivity contribution >= 4 is 15.9 Å². The van der Waals surface area contributed by atoms with Gasteiger partial charge in [0.05, 0.1) is 4.90 Å². The maximum Gasteiger partial charge on any atom is 0.240 e. The molecule has 1 amide bonds. The Morgan fingerprint density at radius 3 is 2.32 bits per heavy atom. The molecule has 0 aromatic heterocycles. The molecule has 1 N–H and O–H groups in total. The van der Waals surface area contributed by atoms with E-state index < -0.39 is 10.0 Å². The largest absolute Gasteiger partial charge is 0.346 e. The van der Waals surface area contributed by atoms with Crippen LogP contribution in [0.25, 0.3) is 0 Å². The number of benzene rings is 1. The number of hydrogen-bond donors (Lipinski definition) is 1. The van der Waals surface area contributed by atoms with Gasteiger partial charge in [0, 0.05) is 20.0 Å². The van der Waals surface area contributed by atoms with Crippen molar-refractivity contribution in [3.05, 3.63) is 29.8 Å². The summed E-state index contributed by atoms with van der Waals surface area (Å²) in [4.78, 5) is 13.5. The molecule has 0 fully saturated rings. The Morgan fingerprint density at radius 1 is 1.26 bits per heavy atom. The molecular weight excluding hydrogens is 264 g/mol. The van der Waals surface area contributed by atoms with Crippen LogP contribution < -0.4 is 4.72 Å². The highest BCUT2D eigenvalue weighted by molar-refractivity contribution is 7.89. The standard InChI is InChI=1S/C13H20N2O3S/c1-4-15(3)13(16)10-7-11-5-8-12(9-6-11)19(17,18)14-2/h5-6,8-9,14H,4,7,10H2,1-3H3. The minimum Gasteiger partial charge on any atom is -0.346 e. The number of aryl methyl sites for hydroxylation is 1. The summed E-state index contributed by atoms with van der Waals surface area (Å²) < 4.78 is 25.3. The normalized spacial score (nSPS) is 11.3. The van der Waals surface area contributed by atoms with Crippen molar-refractivity contribution < 1.29 is 13.2 Å². The second-order valence-electron chi connectivity index (χ2n) is 4.26. The van der Waals surface area contributed by atoms with E-state index >= 15 is 0 Å². The van der Waals surface area contributed by atoms with Gasteiger partial charge < -0.3 is 4.90 Å². The van der Waals surface area contributed by atoms with Crippen LogP contribution in [-0.4, -0.2) is 39.9 Å². The van der Waals surface area contributed by atoms with Crippen molar-refractivity contribution in [3.63, 3.8) is 0 Å². The van der Waals surface area contributed by atoms with E-state index in [9.17, 15) is 13.2 Å². The predicted molar refractivity (Wildman–Crippen MR) is 74.3 cm³/mol. The number of rotatable bonds is 6. The second kappa shape index (κ2) is 6.68. The van der Waals surface area contributed by atoms with Gasteiger partial charge in [0.2, 0.25) is 15.9 Å². The fraction of sp³-hybridized carbons (Fsp3) is 0.462. The van der Waals surface area contributed by atoms with Gasteiger partial charge in [-0.2, -0.15) is 0 Å². The summed E-state index contributed by atoms with van der Waals surface area (Å²) in [7, 11) is -0.243. The molecule has 5 nitrogen and oxygen atoms in total. The van der Waals surface area contributed by atoms with Gasteiger partial charge in [-0.25, -0.2) is 13.1 Å². The van der Waals surface area contributed by atoms with Gasteiger partial charge in [0.1, 0.15) is 0 Å². The Kier molecular flexibility index (Phi) is 5.50. The molecule has 0 radical (unpaired) electrons. The van der Waals surface area contributed by atoms with Gasteiger partial charge in [-0.1, -0.05) is 12.1 Å². The van der Waals surface area contributed by atoms with E-state index in [0.717, 1.165) is 5.56 Å². The minimum atomic E-state index is -3.39. The Bertz CT molecular complexity index is 523. The van der Waals surface area contributed by atoms with E-state index in [4.69, 9.17) is 0 Å². The van der Waals surface area contributed by atoms with E-state index in [-0.39, 0.29) is 10.8 Å². The second-order valence-corrected chi connectivity index (χ2v) is 6.15. The van der Waals surface area contributed by atoms with Gasteiger partial charge in [-0.15, -0.1) is 0 Å². The highest BCUT2D eigenvalue weighted by Crippen LogP contribution is 2.11. The lowest BCUT2D eigenvalue weighted by Crippen LogP contribution is -2.26. The van der Waals surface area contributed by atoms with Crippen molar-refractivity contribution in [1.82, 2.24) is 9.62 Å². The SMILES string of the molecule is CCN(C)C(=O)CCc1ccc(S(=O)(=O)NC)cc1. The van der Waals surface area contributed by atoms with Crippen LogP contribution in [0.15, 0.2) is 29.2 Å². The van der Waals surface area contributed by atoms with Gasteiger partial charge >= 0.3 is 0 Å². The summed E-state index contributed by atoms with van der Waals surface area (Å²) >= 11 is 0. The number of hydrogen-bond acceptors (Lipinski definition) is 3. The first-order valence-corrected chi connectivity index (χ1v) is 7.65. The molecule has 0 bridgehead atoms. The molecule has 1 rings (SSSR count). The zero-order valence-corrected chi connectivity index (χ0v) is 12.3. The third kappa shape index (κ3) is 4.33. The maximum absolute atomic E-state index is 11.6. The Hall–Kier alpha value is -1.40. The molecule has 1 aromatic rings. The van der Waals surface area contributed by atoms with Crippen molar-refractivity contribution in [3.8, 4) is 0 Å². The van der Waals surface area contributed by atoms with Gasteiger partial charge in [-0.05, 0) is 38.1 Å². The zero-order valence-electron chi connectivity index (χ0n) is 11.5. The molecule has 6 heteroatoms. The van der Waals surface area contributed by atoms with Crippen molar-refractivity contribution in [2.24, 2.45) is 0 Å². The first-order valence-electron chi connectivity index (χ1n) is 6.17. The van der Waals surface area contributed by atoms with Crippen molar-refractivity contribution in [2.45, 2.75) is 24.7 Å². The van der Waals surface area contributed by atoms with Crippen LogP contribution in [0.5, 0.6) is 0 Å². The molecule has 0 aliphatic rings. The van der Waals surface area contributed by atoms with Gasteiger partial charge in [0.15, 0.2) is 0 Å². The molecule has 0 saturated heterocycles. The number of nitrogens with zero attached hydrogens (tertiary/aromatic N) is 1. The third-order valence-corrected chi connectivity index (χ3v) is 4.46. The molecule has 0 unspecified atom stereocenters. The molecule has 106 valence electrons. The highest BCUT2D eigenvalue weighted by Gasteiger charge is 2.11. The quantitative estimate of drug-likeness (QED) is 0.847. The minimum absolute atomic E-state index is 0.0921. The molecular formula is C13H20N2O3S. The van der Waals surface area contributed by atoms with Crippen LogP contribution in [0.1, 0.15) is 18.9 Å². The third-order valence-electron chi connectivity index (χ3n) is 3.03. The summed E-state index contributed by atoms with van der Waals surface area (Å²) in [5.41, 5.74) is 0.952. The number of carbonyl (C=O) groups is 1. The summed E-state index contributed by atoms with van der Waals surface area (Å²) in [6.45, 7) is 2.62. The van der Waals surface area contributed by atoms with E-state index in [1.165, 1.54) is 7.05 Å². The number of amides is 1. The van der Waals surface area contributed by atoms with Crippen molar-refractivity contribution in [2.75, 3.05) is 20.6 Å². The average Bonchev–Trinajstić information content (AvgIpc) is 2.44. The highest BCUT2D eigenvalue weighted by atomic mass is 32.2. The van der Waals surface area contributed by atoms with Crippen LogP contribution in [0.2, 0.25) is 0 Å². The summed E-state index contributed by atoms with van der Waals surface area (Å²) in [6, 6.07) is 6.58. The lowest BCUT2D eigenvalue weighted by atomic mass is 10.1. The van der Waals surface area contributed by atoms with E-state index in [2.05, 4.69) is 4.72 Å². The fourth-order valence-corrected chi connectivity index (χ4v) is 2.30. The van der Waals surface area contributed by atoms with E-state index in [0.29, 0.717) is 19.4 Å². The summed E-state index contributed by atoms with van der Waals surface area (Å²) in [5, 5.41) is 0. The molecule has 0 heterocycles. The molecule has 0 aliphatic carbocycles. The Labute approximate surface area is 114 Å². The van der Waals surface area contributed by atoms with Gasteiger partial charge in [0.25, 0.3) is 0 Å². The van der Waals surface area contributed by atoms with Crippen LogP contribution in [0.4, 0.5) is 0 Å². The Balaban J connectivity index is 2.66. The topological polar surface area (TPSA) is 66.5 Å². The monoisotopic (exact) mass is 284 g/mol. The lowest BCUT2D eigenvalue weighted by Gasteiger charge is -2.14. The smallest absolute Gasteiger partial charge is 0.240 e. The van der Waals surface area contributed by atoms with E-state index in [1.54, 1.807) is 36.2 Å². The fourth-order valence-electron chi connectivity index (χ4n) is 1.57. The Morgan fingerprint density at radius 2 is 1.84 bits per heavy atom. The molecule has 0 saturated carbocycles. The maximum atomic E-state index is 11.6. The van der Waals surface area contributed by atoms with E-state index in [1.807, 2.05) is 6.92 Å². The lowest BCUT2D eigenvalue weighted by molar-refractivity contribution is -0.129. The molecule has 0 atom stereocenters.